The zero-order chi connectivity index (χ0) is 26.4. The van der Waals surface area contributed by atoms with Crippen LogP contribution in [0.15, 0.2) is 48.5 Å². The topological polar surface area (TPSA) is 105 Å². The number of nitrogens with one attached hydrogen (secondary N) is 1. The lowest BCUT2D eigenvalue weighted by molar-refractivity contribution is -0.139. The molecule has 1 atom stereocenters. The van der Waals surface area contributed by atoms with E-state index in [9.17, 15) is 18.0 Å². The van der Waals surface area contributed by atoms with Crippen molar-refractivity contribution in [2.24, 2.45) is 0 Å². The van der Waals surface area contributed by atoms with Crippen molar-refractivity contribution in [3.05, 3.63) is 54.1 Å². The fraction of sp³-hybridized carbons (Fsp3) is 0.481. The highest BCUT2D eigenvalue weighted by atomic mass is 32.2. The summed E-state index contributed by atoms with van der Waals surface area (Å²) in [4.78, 5) is 28.2. The van der Waals surface area contributed by atoms with Gasteiger partial charge in [0.1, 0.15) is 25.8 Å². The fourth-order valence-electron chi connectivity index (χ4n) is 4.76. The molecule has 0 aromatic heterocycles. The molecule has 2 aromatic rings. The number of carbonyl (C=O) groups is 2. The lowest BCUT2D eigenvalue weighted by atomic mass is 10.1. The second-order valence-corrected chi connectivity index (χ2v) is 11.5. The molecule has 4 rings (SSSR count). The van der Waals surface area contributed by atoms with E-state index in [2.05, 4.69) is 5.32 Å². The minimum atomic E-state index is -3.82. The number of benzene rings is 2. The Kier molecular flexibility index (Phi) is 8.58. The molecule has 2 amide bonds. The van der Waals surface area contributed by atoms with Crippen LogP contribution in [0, 0.1) is 0 Å². The van der Waals surface area contributed by atoms with Gasteiger partial charge in [-0.25, -0.2) is 8.42 Å². The molecule has 1 fully saturated rings. The first-order valence-corrected chi connectivity index (χ1v) is 14.6. The maximum atomic E-state index is 13.7. The molecule has 1 N–H and O–H groups in total. The summed E-state index contributed by atoms with van der Waals surface area (Å²) in [7, 11) is -3.82. The van der Waals surface area contributed by atoms with Gasteiger partial charge >= 0.3 is 0 Å². The van der Waals surface area contributed by atoms with E-state index in [0.717, 1.165) is 41.8 Å². The van der Waals surface area contributed by atoms with E-state index in [0.29, 0.717) is 36.8 Å². The molecule has 1 heterocycles. The van der Waals surface area contributed by atoms with E-state index in [4.69, 9.17) is 9.47 Å². The van der Waals surface area contributed by atoms with Gasteiger partial charge < -0.3 is 19.7 Å². The van der Waals surface area contributed by atoms with Crippen molar-refractivity contribution in [2.45, 2.75) is 51.1 Å². The number of rotatable bonds is 10. The van der Waals surface area contributed by atoms with Crippen molar-refractivity contribution in [3.8, 4) is 11.5 Å². The first-order chi connectivity index (χ1) is 17.7. The molecule has 10 heteroatoms. The van der Waals surface area contributed by atoms with Crippen LogP contribution in [0.25, 0.3) is 0 Å². The molecule has 2 aliphatic rings. The number of fused-ring (bicyclic) bond motifs is 1. The molecular weight excluding hydrogens is 494 g/mol. The van der Waals surface area contributed by atoms with Crippen LogP contribution in [0.5, 0.6) is 11.5 Å². The van der Waals surface area contributed by atoms with Crippen LogP contribution in [0.1, 0.15) is 38.2 Å². The monoisotopic (exact) mass is 529 g/mol. The Bertz CT molecular complexity index is 1200. The average Bonchev–Trinajstić information content (AvgIpc) is 3.40. The predicted molar refractivity (Wildman–Crippen MR) is 141 cm³/mol. The van der Waals surface area contributed by atoms with Crippen LogP contribution in [0.3, 0.4) is 0 Å². The maximum absolute atomic E-state index is 13.7. The molecule has 9 nitrogen and oxygen atoms in total. The van der Waals surface area contributed by atoms with Gasteiger partial charge in [-0.3, -0.25) is 13.9 Å². The summed E-state index contributed by atoms with van der Waals surface area (Å²) in [5.74, 6) is 0.274. The molecule has 0 saturated heterocycles. The predicted octanol–water partition coefficient (Wildman–Crippen LogP) is 2.74. The fourth-order valence-corrected chi connectivity index (χ4v) is 5.60. The smallest absolute Gasteiger partial charge is 0.244 e. The van der Waals surface area contributed by atoms with E-state index >= 15 is 0 Å². The SMILES string of the molecule is C[C@@H](C(=O)NC1CCCC1)N(CCc1ccccc1)C(=O)CN(c1ccc2c(c1)OCCO2)S(C)(=O)=O. The lowest BCUT2D eigenvalue weighted by Gasteiger charge is -2.32. The van der Waals surface area contributed by atoms with Crippen LogP contribution in [-0.4, -0.2) is 69.8 Å². The van der Waals surface area contributed by atoms with Gasteiger partial charge in [0.05, 0.1) is 11.9 Å². The third-order valence-electron chi connectivity index (χ3n) is 6.85. The summed E-state index contributed by atoms with van der Waals surface area (Å²) in [6.45, 7) is 2.31. The Morgan fingerprint density at radius 2 is 1.70 bits per heavy atom. The second kappa shape index (κ2) is 11.9. The Balaban J connectivity index is 1.55. The number of ether oxygens (including phenoxy) is 2. The molecule has 2 aromatic carbocycles. The van der Waals surface area contributed by atoms with Gasteiger partial charge in [-0.05, 0) is 43.9 Å². The zero-order valence-electron chi connectivity index (χ0n) is 21.4. The molecule has 37 heavy (non-hydrogen) atoms. The molecular formula is C27H35N3O6S. The summed E-state index contributed by atoms with van der Waals surface area (Å²) in [6.07, 6.45) is 5.62. The number of hydrogen-bond donors (Lipinski definition) is 1. The van der Waals surface area contributed by atoms with Crippen LogP contribution >= 0.6 is 0 Å². The highest BCUT2D eigenvalue weighted by molar-refractivity contribution is 7.92. The average molecular weight is 530 g/mol. The first kappa shape index (κ1) is 26.8. The molecule has 1 aliphatic heterocycles. The van der Waals surface area contributed by atoms with Gasteiger partial charge in [-0.2, -0.15) is 0 Å². The van der Waals surface area contributed by atoms with Crippen molar-refractivity contribution in [1.29, 1.82) is 0 Å². The largest absolute Gasteiger partial charge is 0.486 e. The van der Waals surface area contributed by atoms with E-state index in [1.165, 1.54) is 4.90 Å². The van der Waals surface area contributed by atoms with Gasteiger partial charge in [0.2, 0.25) is 21.8 Å². The van der Waals surface area contributed by atoms with Crippen LogP contribution in [-0.2, 0) is 26.0 Å². The minimum Gasteiger partial charge on any atom is -0.486 e. The van der Waals surface area contributed by atoms with Gasteiger partial charge in [0.25, 0.3) is 0 Å². The summed E-state index contributed by atoms with van der Waals surface area (Å²) in [5, 5.41) is 3.07. The minimum absolute atomic E-state index is 0.117. The maximum Gasteiger partial charge on any atom is 0.244 e. The van der Waals surface area contributed by atoms with Gasteiger partial charge in [-0.1, -0.05) is 43.2 Å². The molecule has 1 saturated carbocycles. The second-order valence-electron chi connectivity index (χ2n) is 9.59. The Morgan fingerprint density at radius 1 is 1.03 bits per heavy atom. The number of carbonyl (C=O) groups excluding carboxylic acids is 2. The normalized spacial score (nSPS) is 16.2. The molecule has 0 spiro atoms. The van der Waals surface area contributed by atoms with E-state index in [-0.39, 0.29) is 18.5 Å². The molecule has 0 radical (unpaired) electrons. The van der Waals surface area contributed by atoms with E-state index < -0.39 is 28.5 Å². The van der Waals surface area contributed by atoms with Gasteiger partial charge in [-0.15, -0.1) is 0 Å². The highest BCUT2D eigenvalue weighted by Gasteiger charge is 2.31. The Hall–Kier alpha value is -3.27. The quantitative estimate of drug-likeness (QED) is 0.508. The van der Waals surface area contributed by atoms with Crippen LogP contribution in [0.4, 0.5) is 5.69 Å². The molecule has 1 aliphatic carbocycles. The number of nitrogens with zero attached hydrogens (tertiary/aromatic N) is 2. The Morgan fingerprint density at radius 3 is 2.38 bits per heavy atom. The van der Waals surface area contributed by atoms with Crippen molar-refractivity contribution < 1.29 is 27.5 Å². The number of amides is 2. The molecule has 0 bridgehead atoms. The Labute approximate surface area is 218 Å². The standard InChI is InChI=1S/C27H35N3O6S/c1-20(27(32)28-22-10-6-7-11-22)29(15-14-21-8-4-3-5-9-21)26(31)19-30(37(2,33)34)23-12-13-24-25(18-23)36-17-16-35-24/h3-5,8-9,12-13,18,20,22H,6-7,10-11,14-17,19H2,1-2H3,(H,28,32)/t20-/m0/s1. The van der Waals surface area contributed by atoms with Crippen LogP contribution < -0.4 is 19.1 Å². The third kappa shape index (κ3) is 6.94. The van der Waals surface area contributed by atoms with Crippen molar-refractivity contribution in [2.75, 3.05) is 36.9 Å². The summed E-state index contributed by atoms with van der Waals surface area (Å²) < 4.78 is 37.7. The third-order valence-corrected chi connectivity index (χ3v) is 7.99. The molecule has 0 unspecified atom stereocenters. The summed E-state index contributed by atoms with van der Waals surface area (Å²) in [6, 6.07) is 13.8. The van der Waals surface area contributed by atoms with Gasteiger partial charge in [0.15, 0.2) is 11.5 Å². The number of anilines is 1. The lowest BCUT2D eigenvalue weighted by Crippen LogP contribution is -2.53. The van der Waals surface area contributed by atoms with E-state index in [1.54, 1.807) is 25.1 Å². The number of sulfonamides is 1. The zero-order valence-corrected chi connectivity index (χ0v) is 22.2. The highest BCUT2D eigenvalue weighted by Crippen LogP contribution is 2.34. The van der Waals surface area contributed by atoms with E-state index in [1.807, 2.05) is 30.3 Å². The summed E-state index contributed by atoms with van der Waals surface area (Å²) >= 11 is 0. The first-order valence-electron chi connectivity index (χ1n) is 12.7. The van der Waals surface area contributed by atoms with Gasteiger partial charge in [0, 0.05) is 18.7 Å². The molecule has 200 valence electrons. The van der Waals surface area contributed by atoms with Crippen molar-refractivity contribution >= 4 is 27.5 Å². The number of hydrogen-bond acceptors (Lipinski definition) is 6. The summed E-state index contributed by atoms with van der Waals surface area (Å²) in [5.41, 5.74) is 1.32. The van der Waals surface area contributed by atoms with Crippen LogP contribution in [0.2, 0.25) is 0 Å². The van der Waals surface area contributed by atoms with Crippen molar-refractivity contribution in [3.63, 3.8) is 0 Å². The van der Waals surface area contributed by atoms with Crippen molar-refractivity contribution in [1.82, 2.24) is 10.2 Å².